The summed E-state index contributed by atoms with van der Waals surface area (Å²) in [5.74, 6) is 2.71. The number of aromatic nitrogens is 5. The highest BCUT2D eigenvalue weighted by atomic mass is 79.9. The maximum absolute atomic E-state index is 5.85. The van der Waals surface area contributed by atoms with Crippen LogP contribution >= 0.6 is 39.0 Å². The topological polar surface area (TPSA) is 69.6 Å². The lowest BCUT2D eigenvalue weighted by Crippen LogP contribution is -2.03. The molecule has 0 bridgehead atoms. The van der Waals surface area contributed by atoms with Gasteiger partial charge >= 0.3 is 0 Å². The Balaban J connectivity index is 1.32. The standard InChI is InChI=1S/C19H16BrN5OS2/c20-15-6-2-1-5-14(15)18-23-22-17(26-18)11-28-19-24-21-16(25(19)12-7-8-12)10-13-4-3-9-27-13/h1-6,9,12H,7-8,10-11H2. The zero-order valence-corrected chi connectivity index (χ0v) is 18.0. The second kappa shape index (κ2) is 7.81. The van der Waals surface area contributed by atoms with Crippen LogP contribution < -0.4 is 0 Å². The van der Waals surface area contributed by atoms with Crippen molar-refractivity contribution in [3.05, 3.63) is 62.8 Å². The molecular weight excluding hydrogens is 458 g/mol. The van der Waals surface area contributed by atoms with E-state index in [4.69, 9.17) is 4.42 Å². The number of benzene rings is 1. The third kappa shape index (κ3) is 3.78. The maximum atomic E-state index is 5.85. The van der Waals surface area contributed by atoms with Gasteiger partial charge in [-0.1, -0.05) is 30.0 Å². The predicted octanol–water partition coefficient (Wildman–Crippen LogP) is 5.37. The van der Waals surface area contributed by atoms with E-state index in [9.17, 15) is 0 Å². The summed E-state index contributed by atoms with van der Waals surface area (Å²) in [6, 6.07) is 12.6. The van der Waals surface area contributed by atoms with Gasteiger partial charge in [0.05, 0.1) is 11.3 Å². The summed E-state index contributed by atoms with van der Waals surface area (Å²) in [6.07, 6.45) is 3.21. The minimum absolute atomic E-state index is 0.519. The van der Waals surface area contributed by atoms with Gasteiger partial charge < -0.3 is 8.98 Å². The van der Waals surface area contributed by atoms with E-state index in [0.29, 0.717) is 23.6 Å². The summed E-state index contributed by atoms with van der Waals surface area (Å²) < 4.78 is 9.07. The SMILES string of the molecule is Brc1ccccc1-c1nnc(CSc2nnc(Cc3cccs3)n2C2CC2)o1. The lowest BCUT2D eigenvalue weighted by molar-refractivity contribution is 0.527. The first-order chi connectivity index (χ1) is 13.8. The van der Waals surface area contributed by atoms with Crippen LogP contribution in [-0.4, -0.2) is 25.0 Å². The Morgan fingerprint density at radius 2 is 2.00 bits per heavy atom. The van der Waals surface area contributed by atoms with Crippen molar-refractivity contribution in [3.8, 4) is 11.5 Å². The molecule has 0 unspecified atom stereocenters. The molecule has 1 saturated carbocycles. The largest absolute Gasteiger partial charge is 0.420 e. The van der Waals surface area contributed by atoms with Crippen molar-refractivity contribution >= 4 is 39.0 Å². The van der Waals surface area contributed by atoms with Crippen molar-refractivity contribution in [2.45, 2.75) is 36.2 Å². The van der Waals surface area contributed by atoms with Crippen molar-refractivity contribution in [1.82, 2.24) is 25.0 Å². The highest BCUT2D eigenvalue weighted by Gasteiger charge is 2.30. The number of rotatable bonds is 7. The molecular formula is C19H16BrN5OS2. The smallest absolute Gasteiger partial charge is 0.248 e. The molecule has 0 amide bonds. The predicted molar refractivity (Wildman–Crippen MR) is 112 cm³/mol. The van der Waals surface area contributed by atoms with Crippen LogP contribution in [0.4, 0.5) is 0 Å². The molecule has 0 spiro atoms. The minimum Gasteiger partial charge on any atom is -0.420 e. The highest BCUT2D eigenvalue weighted by Crippen LogP contribution is 2.40. The third-order valence-corrected chi connectivity index (χ3v) is 6.95. The Labute approximate surface area is 178 Å². The Kier molecular flexibility index (Phi) is 5.04. The van der Waals surface area contributed by atoms with Crippen LogP contribution in [0, 0.1) is 0 Å². The lowest BCUT2D eigenvalue weighted by Gasteiger charge is -2.07. The monoisotopic (exact) mass is 473 g/mol. The average molecular weight is 474 g/mol. The van der Waals surface area contributed by atoms with Crippen molar-refractivity contribution in [3.63, 3.8) is 0 Å². The van der Waals surface area contributed by atoms with Gasteiger partial charge in [-0.25, -0.2) is 0 Å². The Morgan fingerprint density at radius 3 is 2.79 bits per heavy atom. The quantitative estimate of drug-likeness (QED) is 0.336. The molecule has 0 radical (unpaired) electrons. The molecule has 4 aromatic rings. The molecule has 9 heteroatoms. The van der Waals surface area contributed by atoms with E-state index < -0.39 is 0 Å². The fourth-order valence-electron chi connectivity index (χ4n) is 2.98. The van der Waals surface area contributed by atoms with Crippen LogP contribution in [0.5, 0.6) is 0 Å². The van der Waals surface area contributed by atoms with Gasteiger partial charge in [-0.05, 0) is 52.4 Å². The Morgan fingerprint density at radius 1 is 1.11 bits per heavy atom. The molecule has 1 fully saturated rings. The molecule has 28 heavy (non-hydrogen) atoms. The molecule has 3 heterocycles. The van der Waals surface area contributed by atoms with E-state index in [2.05, 4.69) is 58.4 Å². The van der Waals surface area contributed by atoms with Gasteiger partial charge in [-0.2, -0.15) is 0 Å². The maximum Gasteiger partial charge on any atom is 0.248 e. The summed E-state index contributed by atoms with van der Waals surface area (Å²) in [5, 5.41) is 20.3. The summed E-state index contributed by atoms with van der Waals surface area (Å²) in [5.41, 5.74) is 0.894. The van der Waals surface area contributed by atoms with E-state index in [-0.39, 0.29) is 0 Å². The van der Waals surface area contributed by atoms with Gasteiger partial charge in [0.1, 0.15) is 5.82 Å². The summed E-state index contributed by atoms with van der Waals surface area (Å²) in [6.45, 7) is 0. The van der Waals surface area contributed by atoms with Crippen LogP contribution in [0.3, 0.4) is 0 Å². The molecule has 1 aliphatic rings. The summed E-state index contributed by atoms with van der Waals surface area (Å²) in [4.78, 5) is 1.31. The van der Waals surface area contributed by atoms with Crippen LogP contribution in [-0.2, 0) is 12.2 Å². The first-order valence-corrected chi connectivity index (χ1v) is 11.6. The first-order valence-electron chi connectivity index (χ1n) is 8.94. The van der Waals surface area contributed by atoms with E-state index in [0.717, 1.165) is 27.4 Å². The minimum atomic E-state index is 0.519. The van der Waals surface area contributed by atoms with Crippen LogP contribution in [0.25, 0.3) is 11.5 Å². The first kappa shape index (κ1) is 18.1. The number of nitrogens with zero attached hydrogens (tertiary/aromatic N) is 5. The van der Waals surface area contributed by atoms with Crippen LogP contribution in [0.1, 0.15) is 35.5 Å². The second-order valence-corrected chi connectivity index (χ2v) is 9.35. The zero-order chi connectivity index (χ0) is 18.9. The normalized spacial score (nSPS) is 13.9. The molecule has 0 atom stereocenters. The molecule has 1 aromatic carbocycles. The molecule has 5 rings (SSSR count). The van der Waals surface area contributed by atoms with E-state index in [1.54, 1.807) is 23.1 Å². The zero-order valence-electron chi connectivity index (χ0n) is 14.8. The molecule has 142 valence electrons. The van der Waals surface area contributed by atoms with Crippen LogP contribution in [0.15, 0.2) is 55.8 Å². The van der Waals surface area contributed by atoms with E-state index >= 15 is 0 Å². The molecule has 0 N–H and O–H groups in total. The molecule has 3 aromatic heterocycles. The van der Waals surface area contributed by atoms with Crippen molar-refractivity contribution < 1.29 is 4.42 Å². The van der Waals surface area contributed by atoms with E-state index in [1.807, 2.05) is 24.3 Å². The summed E-state index contributed by atoms with van der Waals surface area (Å²) >= 11 is 6.88. The number of thiophene rings is 1. The number of hydrogen-bond donors (Lipinski definition) is 0. The van der Waals surface area contributed by atoms with Gasteiger partial charge in [-0.3, -0.25) is 0 Å². The Hall–Kier alpha value is -1.97. The molecule has 6 nitrogen and oxygen atoms in total. The summed E-state index contributed by atoms with van der Waals surface area (Å²) in [7, 11) is 0. The number of hydrogen-bond acceptors (Lipinski definition) is 7. The fourth-order valence-corrected chi connectivity index (χ4v) is 4.99. The van der Waals surface area contributed by atoms with Crippen molar-refractivity contribution in [2.75, 3.05) is 0 Å². The number of thioether (sulfide) groups is 1. The average Bonchev–Trinajstić information content (AvgIpc) is 3.10. The van der Waals surface area contributed by atoms with Crippen LogP contribution in [0.2, 0.25) is 0 Å². The molecule has 0 saturated heterocycles. The van der Waals surface area contributed by atoms with Crippen molar-refractivity contribution in [2.24, 2.45) is 0 Å². The van der Waals surface area contributed by atoms with Gasteiger partial charge in [0, 0.05) is 21.8 Å². The molecule has 0 aliphatic heterocycles. The van der Waals surface area contributed by atoms with Gasteiger partial charge in [0.25, 0.3) is 0 Å². The second-order valence-electron chi connectivity index (χ2n) is 6.53. The highest BCUT2D eigenvalue weighted by molar-refractivity contribution is 9.10. The van der Waals surface area contributed by atoms with Gasteiger partial charge in [0.2, 0.25) is 11.8 Å². The third-order valence-electron chi connectivity index (χ3n) is 4.46. The van der Waals surface area contributed by atoms with Gasteiger partial charge in [0.15, 0.2) is 5.16 Å². The fraction of sp³-hybridized carbons (Fsp3) is 0.263. The van der Waals surface area contributed by atoms with Crippen molar-refractivity contribution in [1.29, 1.82) is 0 Å². The van der Waals surface area contributed by atoms with Gasteiger partial charge in [-0.15, -0.1) is 31.7 Å². The Bertz CT molecular complexity index is 1090. The number of halogens is 1. The molecule has 1 aliphatic carbocycles. The van der Waals surface area contributed by atoms with E-state index in [1.165, 1.54) is 17.7 Å². The lowest BCUT2D eigenvalue weighted by atomic mass is 10.2.